The first kappa shape index (κ1) is 11.1. The number of nitrogens with one attached hydrogen (secondary N) is 1. The van der Waals surface area contributed by atoms with Gasteiger partial charge in [-0.05, 0) is 12.8 Å². The van der Waals surface area contributed by atoms with E-state index in [2.05, 4.69) is 10.3 Å². The van der Waals surface area contributed by atoms with E-state index in [4.69, 9.17) is 5.73 Å². The molecule has 1 aliphatic rings. The molecule has 1 rings (SSSR count). The van der Waals surface area contributed by atoms with Crippen molar-refractivity contribution in [3.05, 3.63) is 0 Å². The highest BCUT2D eigenvalue weighted by molar-refractivity contribution is 5.78. The summed E-state index contributed by atoms with van der Waals surface area (Å²) >= 11 is 0. The molecule has 3 N–H and O–H groups in total. The number of guanidine groups is 1. The van der Waals surface area contributed by atoms with Crippen molar-refractivity contribution in [3.8, 4) is 0 Å². The van der Waals surface area contributed by atoms with Gasteiger partial charge in [0.25, 0.3) is 0 Å². The van der Waals surface area contributed by atoms with E-state index in [9.17, 15) is 13.2 Å². The quantitative estimate of drug-likeness (QED) is 0.533. The highest BCUT2D eigenvalue weighted by Crippen LogP contribution is 2.17. The third-order valence-electron chi connectivity index (χ3n) is 2.14. The van der Waals surface area contributed by atoms with Gasteiger partial charge in [0.2, 0.25) is 0 Å². The van der Waals surface area contributed by atoms with Gasteiger partial charge in [-0.3, -0.25) is 0 Å². The predicted molar refractivity (Wildman–Crippen MR) is 47.9 cm³/mol. The van der Waals surface area contributed by atoms with E-state index in [0.29, 0.717) is 0 Å². The third-order valence-corrected chi connectivity index (χ3v) is 2.14. The van der Waals surface area contributed by atoms with Crippen LogP contribution in [0, 0.1) is 0 Å². The smallest absolute Gasteiger partial charge is 0.370 e. The molecule has 0 spiro atoms. The molecule has 1 saturated carbocycles. The van der Waals surface area contributed by atoms with E-state index < -0.39 is 12.7 Å². The second-order valence-corrected chi connectivity index (χ2v) is 3.44. The van der Waals surface area contributed by atoms with Crippen molar-refractivity contribution in [2.24, 2.45) is 10.7 Å². The van der Waals surface area contributed by atoms with Gasteiger partial charge in [0.15, 0.2) is 5.96 Å². The first-order chi connectivity index (χ1) is 6.47. The van der Waals surface area contributed by atoms with Gasteiger partial charge < -0.3 is 11.1 Å². The second-order valence-electron chi connectivity index (χ2n) is 3.44. The Labute approximate surface area is 80.6 Å². The number of nitrogens with zero attached hydrogens (tertiary/aromatic N) is 1. The number of aliphatic imine (C=N–C) groups is 1. The molecule has 0 atom stereocenters. The molecule has 0 aromatic rings. The average molecular weight is 209 g/mol. The fourth-order valence-electron chi connectivity index (χ4n) is 1.50. The normalized spacial score (nSPS) is 20.1. The first-order valence-electron chi connectivity index (χ1n) is 4.60. The molecule has 1 fully saturated rings. The van der Waals surface area contributed by atoms with E-state index >= 15 is 0 Å². The summed E-state index contributed by atoms with van der Waals surface area (Å²) in [6.07, 6.45) is -0.152. The van der Waals surface area contributed by atoms with Crippen molar-refractivity contribution in [1.29, 1.82) is 0 Å². The highest BCUT2D eigenvalue weighted by Gasteiger charge is 2.26. The van der Waals surface area contributed by atoms with Crippen LogP contribution in [0.5, 0.6) is 0 Å². The lowest BCUT2D eigenvalue weighted by molar-refractivity contribution is -0.118. The second kappa shape index (κ2) is 4.52. The van der Waals surface area contributed by atoms with Gasteiger partial charge in [0, 0.05) is 6.04 Å². The minimum atomic E-state index is -4.28. The Morgan fingerprint density at radius 2 is 1.93 bits per heavy atom. The Balaban J connectivity index is 2.29. The van der Waals surface area contributed by atoms with Gasteiger partial charge in [0.1, 0.15) is 6.54 Å². The van der Waals surface area contributed by atoms with Crippen molar-refractivity contribution in [1.82, 2.24) is 5.32 Å². The zero-order chi connectivity index (χ0) is 10.6. The van der Waals surface area contributed by atoms with Crippen LogP contribution in [-0.4, -0.2) is 24.7 Å². The Hall–Kier alpha value is -0.940. The van der Waals surface area contributed by atoms with Gasteiger partial charge in [0.05, 0.1) is 0 Å². The van der Waals surface area contributed by atoms with Gasteiger partial charge in [-0.2, -0.15) is 13.2 Å². The van der Waals surface area contributed by atoms with Crippen LogP contribution in [0.3, 0.4) is 0 Å². The SMILES string of the molecule is NC(=NCC(F)(F)F)NC1CCCC1. The summed E-state index contributed by atoms with van der Waals surface area (Å²) in [4.78, 5) is 3.22. The number of halogens is 3. The van der Waals surface area contributed by atoms with Gasteiger partial charge in [-0.1, -0.05) is 12.8 Å². The van der Waals surface area contributed by atoms with Gasteiger partial charge in [-0.25, -0.2) is 4.99 Å². The topological polar surface area (TPSA) is 50.4 Å². The minimum Gasteiger partial charge on any atom is -0.370 e. The molecule has 3 nitrogen and oxygen atoms in total. The molecule has 0 bridgehead atoms. The van der Waals surface area contributed by atoms with Crippen LogP contribution < -0.4 is 11.1 Å². The summed E-state index contributed by atoms with van der Waals surface area (Å²) in [5.41, 5.74) is 5.30. The first-order valence-corrected chi connectivity index (χ1v) is 4.60. The van der Waals surface area contributed by atoms with E-state index in [1.807, 2.05) is 0 Å². The van der Waals surface area contributed by atoms with Crippen LogP contribution in [0.15, 0.2) is 4.99 Å². The van der Waals surface area contributed by atoms with Crippen LogP contribution in [0.1, 0.15) is 25.7 Å². The molecule has 6 heteroatoms. The third kappa shape index (κ3) is 4.34. The van der Waals surface area contributed by atoms with E-state index in [1.54, 1.807) is 0 Å². The Morgan fingerprint density at radius 3 is 2.43 bits per heavy atom. The number of hydrogen-bond donors (Lipinski definition) is 2. The molecule has 0 radical (unpaired) electrons. The van der Waals surface area contributed by atoms with Gasteiger partial charge >= 0.3 is 6.18 Å². The van der Waals surface area contributed by atoms with Gasteiger partial charge in [-0.15, -0.1) is 0 Å². The van der Waals surface area contributed by atoms with Crippen molar-refractivity contribution in [2.75, 3.05) is 6.54 Å². The molecule has 82 valence electrons. The number of nitrogens with two attached hydrogens (primary N) is 1. The summed E-state index contributed by atoms with van der Waals surface area (Å²) in [5.74, 6) is -0.103. The zero-order valence-electron chi connectivity index (χ0n) is 7.77. The summed E-state index contributed by atoms with van der Waals surface area (Å²) in [6.45, 7) is -1.21. The maximum absolute atomic E-state index is 11.7. The van der Waals surface area contributed by atoms with Crippen LogP contribution in [0.2, 0.25) is 0 Å². The van der Waals surface area contributed by atoms with E-state index in [-0.39, 0.29) is 12.0 Å². The zero-order valence-corrected chi connectivity index (χ0v) is 7.77. The van der Waals surface area contributed by atoms with Crippen molar-refractivity contribution < 1.29 is 13.2 Å². The molecule has 0 unspecified atom stereocenters. The van der Waals surface area contributed by atoms with Crippen molar-refractivity contribution >= 4 is 5.96 Å². The van der Waals surface area contributed by atoms with Crippen molar-refractivity contribution in [3.63, 3.8) is 0 Å². The lowest BCUT2D eigenvalue weighted by atomic mass is 10.2. The number of alkyl halides is 3. The fourth-order valence-corrected chi connectivity index (χ4v) is 1.50. The van der Waals surface area contributed by atoms with Crippen LogP contribution in [0.25, 0.3) is 0 Å². The lowest BCUT2D eigenvalue weighted by Gasteiger charge is -2.12. The Bertz CT molecular complexity index is 206. The summed E-state index contributed by atoms with van der Waals surface area (Å²) in [6, 6.07) is 0.201. The highest BCUT2D eigenvalue weighted by atomic mass is 19.4. The predicted octanol–water partition coefficient (Wildman–Crippen LogP) is 1.40. The molecular weight excluding hydrogens is 195 g/mol. The Kier molecular flexibility index (Phi) is 3.60. The molecule has 0 amide bonds. The van der Waals surface area contributed by atoms with Crippen molar-refractivity contribution in [2.45, 2.75) is 37.9 Å². The molecule has 0 saturated heterocycles. The molecule has 1 aliphatic carbocycles. The maximum atomic E-state index is 11.7. The molecular formula is C8H14F3N3. The molecule has 0 aromatic carbocycles. The molecule has 0 aromatic heterocycles. The number of rotatable bonds is 2. The lowest BCUT2D eigenvalue weighted by Crippen LogP contribution is -2.39. The van der Waals surface area contributed by atoms with Crippen LogP contribution in [0.4, 0.5) is 13.2 Å². The summed E-state index contributed by atoms with van der Waals surface area (Å²) < 4.78 is 35.2. The van der Waals surface area contributed by atoms with Crippen LogP contribution >= 0.6 is 0 Å². The molecule has 0 aliphatic heterocycles. The van der Waals surface area contributed by atoms with E-state index in [1.165, 1.54) is 0 Å². The standard InChI is InChI=1S/C8H14F3N3/c9-8(10,11)5-13-7(12)14-6-3-1-2-4-6/h6H,1-5H2,(H3,12,13,14). The monoisotopic (exact) mass is 209 g/mol. The average Bonchev–Trinajstić information content (AvgIpc) is 2.52. The largest absolute Gasteiger partial charge is 0.408 e. The van der Waals surface area contributed by atoms with Crippen LogP contribution in [-0.2, 0) is 0 Å². The van der Waals surface area contributed by atoms with E-state index in [0.717, 1.165) is 25.7 Å². The Morgan fingerprint density at radius 1 is 1.36 bits per heavy atom. The maximum Gasteiger partial charge on any atom is 0.408 e. The number of hydrogen-bond acceptors (Lipinski definition) is 1. The molecule has 14 heavy (non-hydrogen) atoms. The summed E-state index contributed by atoms with van der Waals surface area (Å²) in [5, 5.41) is 2.78. The fraction of sp³-hybridized carbons (Fsp3) is 0.875. The minimum absolute atomic E-state index is 0.103. The summed E-state index contributed by atoms with van der Waals surface area (Å²) in [7, 11) is 0. The molecule has 0 heterocycles.